The molecule has 4 heteroatoms. The van der Waals surface area contributed by atoms with E-state index in [1.54, 1.807) is 0 Å². The molecule has 3 aromatic rings. The standard InChI is InChI=1S/C28H35NO2Si/c1-28(2,3)32(24-15-9-5-10-16-24,25-17-11-6-12-18-25)31-23-19-26(27(30)20-23)29-21-22-13-7-4-8-14-22/h4-18,23,26-27,29-30H,19-21H2,1-3H3. The third kappa shape index (κ3) is 4.74. The first-order valence-corrected chi connectivity index (χ1v) is 13.6. The first-order chi connectivity index (χ1) is 15.4. The summed E-state index contributed by atoms with van der Waals surface area (Å²) >= 11 is 0. The van der Waals surface area contributed by atoms with Crippen molar-refractivity contribution in [3.8, 4) is 0 Å². The molecule has 168 valence electrons. The van der Waals surface area contributed by atoms with Crippen LogP contribution in [-0.2, 0) is 11.0 Å². The van der Waals surface area contributed by atoms with Gasteiger partial charge in [0.15, 0.2) is 0 Å². The summed E-state index contributed by atoms with van der Waals surface area (Å²) in [7, 11) is -2.60. The van der Waals surface area contributed by atoms with Crippen LogP contribution in [0.4, 0.5) is 0 Å². The maximum atomic E-state index is 10.9. The lowest BCUT2D eigenvalue weighted by molar-refractivity contribution is 0.131. The zero-order valence-corrected chi connectivity index (χ0v) is 20.4. The van der Waals surface area contributed by atoms with Gasteiger partial charge in [0, 0.05) is 18.7 Å². The minimum Gasteiger partial charge on any atom is -0.404 e. The van der Waals surface area contributed by atoms with Crippen LogP contribution < -0.4 is 15.7 Å². The van der Waals surface area contributed by atoms with Crippen molar-refractivity contribution < 1.29 is 9.53 Å². The van der Waals surface area contributed by atoms with Crippen molar-refractivity contribution in [3.05, 3.63) is 96.6 Å². The van der Waals surface area contributed by atoms with Crippen molar-refractivity contribution in [2.45, 2.75) is 63.4 Å². The average Bonchev–Trinajstić information content (AvgIpc) is 3.16. The van der Waals surface area contributed by atoms with Crippen LogP contribution in [0.5, 0.6) is 0 Å². The molecule has 1 saturated carbocycles. The molecule has 3 aromatic carbocycles. The molecular formula is C28H35NO2Si. The van der Waals surface area contributed by atoms with Gasteiger partial charge in [-0.3, -0.25) is 0 Å². The number of rotatable bonds is 7. The second-order valence-electron chi connectivity index (χ2n) is 9.91. The SMILES string of the molecule is CC(C)(C)[Si](OC1CC(O)C(NCc2ccccc2)C1)(c1ccccc1)c1ccccc1. The minimum atomic E-state index is -2.60. The third-order valence-electron chi connectivity index (χ3n) is 6.66. The van der Waals surface area contributed by atoms with E-state index >= 15 is 0 Å². The zero-order valence-electron chi connectivity index (χ0n) is 19.4. The molecule has 0 heterocycles. The quantitative estimate of drug-likeness (QED) is 0.535. The van der Waals surface area contributed by atoms with Crippen LogP contribution in [0.15, 0.2) is 91.0 Å². The molecular weight excluding hydrogens is 410 g/mol. The molecule has 3 atom stereocenters. The number of hydrogen-bond acceptors (Lipinski definition) is 3. The van der Waals surface area contributed by atoms with Crippen LogP contribution in [0.25, 0.3) is 0 Å². The van der Waals surface area contributed by atoms with Gasteiger partial charge in [0.25, 0.3) is 8.32 Å². The van der Waals surface area contributed by atoms with Crippen LogP contribution in [0.1, 0.15) is 39.2 Å². The molecule has 0 aliphatic heterocycles. The Morgan fingerprint density at radius 3 is 1.81 bits per heavy atom. The van der Waals surface area contributed by atoms with E-state index in [1.807, 2.05) is 6.07 Å². The smallest absolute Gasteiger partial charge is 0.261 e. The lowest BCUT2D eigenvalue weighted by atomic mass is 10.2. The molecule has 0 saturated heterocycles. The minimum absolute atomic E-state index is 0.0181. The Kier molecular flexibility index (Phi) is 6.96. The van der Waals surface area contributed by atoms with Gasteiger partial charge in [0.05, 0.1) is 6.10 Å². The van der Waals surface area contributed by atoms with Crippen molar-refractivity contribution >= 4 is 18.7 Å². The number of hydrogen-bond donors (Lipinski definition) is 2. The van der Waals surface area contributed by atoms with Gasteiger partial charge in [-0.05, 0) is 33.8 Å². The van der Waals surface area contributed by atoms with Crippen LogP contribution in [0, 0.1) is 0 Å². The monoisotopic (exact) mass is 445 g/mol. The van der Waals surface area contributed by atoms with E-state index in [0.29, 0.717) is 6.42 Å². The van der Waals surface area contributed by atoms with Gasteiger partial charge in [-0.2, -0.15) is 0 Å². The van der Waals surface area contributed by atoms with Crippen molar-refractivity contribution in [3.63, 3.8) is 0 Å². The summed E-state index contributed by atoms with van der Waals surface area (Å²) in [6, 6.07) is 31.9. The van der Waals surface area contributed by atoms with E-state index in [0.717, 1.165) is 13.0 Å². The Hall–Kier alpha value is -2.24. The molecule has 0 aromatic heterocycles. The highest BCUT2D eigenvalue weighted by Crippen LogP contribution is 2.39. The highest BCUT2D eigenvalue weighted by molar-refractivity contribution is 6.99. The summed E-state index contributed by atoms with van der Waals surface area (Å²) in [6.07, 6.45) is 1.10. The Labute approximate surface area is 193 Å². The Morgan fingerprint density at radius 2 is 1.31 bits per heavy atom. The Balaban J connectivity index is 1.61. The van der Waals surface area contributed by atoms with E-state index in [9.17, 15) is 5.11 Å². The normalized spacial score (nSPS) is 21.6. The molecule has 0 bridgehead atoms. The number of aliphatic hydroxyl groups is 1. The summed E-state index contributed by atoms with van der Waals surface area (Å²) in [4.78, 5) is 0. The molecule has 1 fully saturated rings. The molecule has 0 amide bonds. The van der Waals surface area contributed by atoms with E-state index in [4.69, 9.17) is 4.43 Å². The van der Waals surface area contributed by atoms with Crippen LogP contribution in [0.3, 0.4) is 0 Å². The topological polar surface area (TPSA) is 41.5 Å². The molecule has 3 unspecified atom stereocenters. The molecule has 0 spiro atoms. The second-order valence-corrected chi connectivity index (χ2v) is 14.2. The van der Waals surface area contributed by atoms with Gasteiger partial charge in [-0.15, -0.1) is 0 Å². The van der Waals surface area contributed by atoms with Crippen molar-refractivity contribution in [2.75, 3.05) is 0 Å². The summed E-state index contributed by atoms with van der Waals surface area (Å²) < 4.78 is 7.23. The summed E-state index contributed by atoms with van der Waals surface area (Å²) in [5.74, 6) is 0. The van der Waals surface area contributed by atoms with E-state index in [-0.39, 0.29) is 17.2 Å². The van der Waals surface area contributed by atoms with E-state index in [1.165, 1.54) is 15.9 Å². The highest BCUT2D eigenvalue weighted by Gasteiger charge is 2.52. The Morgan fingerprint density at radius 1 is 0.812 bits per heavy atom. The lowest BCUT2D eigenvalue weighted by Gasteiger charge is -2.44. The predicted molar refractivity (Wildman–Crippen MR) is 135 cm³/mol. The first kappa shape index (κ1) is 22.9. The van der Waals surface area contributed by atoms with E-state index in [2.05, 4.69) is 111 Å². The van der Waals surface area contributed by atoms with Gasteiger partial charge in [-0.1, -0.05) is 112 Å². The van der Waals surface area contributed by atoms with Crippen LogP contribution >= 0.6 is 0 Å². The van der Waals surface area contributed by atoms with Gasteiger partial charge in [0.2, 0.25) is 0 Å². The number of aliphatic hydroxyl groups excluding tert-OH is 1. The van der Waals surface area contributed by atoms with Crippen molar-refractivity contribution in [1.82, 2.24) is 5.32 Å². The average molecular weight is 446 g/mol. The van der Waals surface area contributed by atoms with Crippen molar-refractivity contribution in [1.29, 1.82) is 0 Å². The summed E-state index contributed by atoms with van der Waals surface area (Å²) in [5.41, 5.74) is 1.23. The molecule has 0 radical (unpaired) electrons. The fraction of sp³-hybridized carbons (Fsp3) is 0.357. The van der Waals surface area contributed by atoms with E-state index < -0.39 is 14.4 Å². The summed E-state index contributed by atoms with van der Waals surface area (Å²) in [5, 5.41) is 16.9. The van der Waals surface area contributed by atoms with Gasteiger partial charge < -0.3 is 14.8 Å². The maximum absolute atomic E-state index is 10.9. The number of nitrogens with one attached hydrogen (secondary N) is 1. The largest absolute Gasteiger partial charge is 0.404 e. The Bertz CT molecular complexity index is 933. The maximum Gasteiger partial charge on any atom is 0.261 e. The van der Waals surface area contributed by atoms with Crippen LogP contribution in [-0.4, -0.2) is 31.7 Å². The first-order valence-electron chi connectivity index (χ1n) is 11.6. The molecule has 4 rings (SSSR count). The zero-order chi connectivity index (χ0) is 22.6. The highest BCUT2D eigenvalue weighted by atomic mass is 28.4. The molecule has 1 aliphatic carbocycles. The van der Waals surface area contributed by atoms with Gasteiger partial charge in [-0.25, -0.2) is 0 Å². The second kappa shape index (κ2) is 9.71. The summed E-state index contributed by atoms with van der Waals surface area (Å²) in [6.45, 7) is 7.66. The van der Waals surface area contributed by atoms with Gasteiger partial charge in [0.1, 0.15) is 0 Å². The molecule has 32 heavy (non-hydrogen) atoms. The molecule has 2 N–H and O–H groups in total. The number of benzene rings is 3. The molecule has 1 aliphatic rings. The fourth-order valence-corrected chi connectivity index (χ4v) is 9.78. The van der Waals surface area contributed by atoms with Crippen LogP contribution in [0.2, 0.25) is 5.04 Å². The predicted octanol–water partition coefficient (Wildman–Crippen LogP) is 4.24. The van der Waals surface area contributed by atoms with Gasteiger partial charge >= 0.3 is 0 Å². The lowest BCUT2D eigenvalue weighted by Crippen LogP contribution is -2.67. The fourth-order valence-electron chi connectivity index (χ4n) is 5.07. The molecule has 3 nitrogen and oxygen atoms in total. The van der Waals surface area contributed by atoms with Crippen molar-refractivity contribution in [2.24, 2.45) is 0 Å². The third-order valence-corrected chi connectivity index (χ3v) is 11.7.